The molecular weight excluding hydrogens is 332 g/mol. The summed E-state index contributed by atoms with van der Waals surface area (Å²) in [7, 11) is 0. The molecule has 21 heavy (non-hydrogen) atoms. The first-order chi connectivity index (χ1) is 9.86. The standard InChI is InChI=1S/C16H23BrN2O2/c1-10-5-6-15(14(17)7-10)18-16(20)13(4)19-8-11(2)21-12(3)9-19/h5-7,11-13H,8-9H2,1-4H3,(H,18,20)/t11-,12-,13-/m1/s1. The maximum atomic E-state index is 12.4. The second-order valence-electron chi connectivity index (χ2n) is 5.86. The number of hydrogen-bond acceptors (Lipinski definition) is 3. The van der Waals surface area contributed by atoms with Gasteiger partial charge in [0.05, 0.1) is 23.9 Å². The van der Waals surface area contributed by atoms with Crippen LogP contribution in [0.4, 0.5) is 5.69 Å². The smallest absolute Gasteiger partial charge is 0.241 e. The van der Waals surface area contributed by atoms with Gasteiger partial charge in [-0.05, 0) is 61.3 Å². The topological polar surface area (TPSA) is 41.6 Å². The highest BCUT2D eigenvalue weighted by molar-refractivity contribution is 9.10. The van der Waals surface area contributed by atoms with Gasteiger partial charge >= 0.3 is 0 Å². The lowest BCUT2D eigenvalue weighted by Crippen LogP contribution is -2.52. The molecule has 1 aromatic rings. The molecule has 0 unspecified atom stereocenters. The largest absolute Gasteiger partial charge is 0.373 e. The highest BCUT2D eigenvalue weighted by Gasteiger charge is 2.29. The van der Waals surface area contributed by atoms with Crippen molar-refractivity contribution in [2.24, 2.45) is 0 Å². The average Bonchev–Trinajstić information content (AvgIpc) is 2.40. The Morgan fingerprint density at radius 3 is 2.57 bits per heavy atom. The van der Waals surface area contributed by atoms with Gasteiger partial charge in [-0.25, -0.2) is 0 Å². The molecule has 0 aromatic heterocycles. The minimum atomic E-state index is -0.174. The van der Waals surface area contributed by atoms with Crippen molar-refractivity contribution in [1.82, 2.24) is 4.90 Å². The van der Waals surface area contributed by atoms with Crippen molar-refractivity contribution in [2.75, 3.05) is 18.4 Å². The SMILES string of the molecule is Cc1ccc(NC(=O)[C@@H](C)N2C[C@@H](C)O[C@H](C)C2)c(Br)c1. The highest BCUT2D eigenvalue weighted by atomic mass is 79.9. The molecule has 0 bridgehead atoms. The Hall–Kier alpha value is -0.910. The monoisotopic (exact) mass is 354 g/mol. The van der Waals surface area contributed by atoms with Crippen molar-refractivity contribution in [1.29, 1.82) is 0 Å². The molecule has 0 spiro atoms. The first kappa shape index (κ1) is 16.5. The Bertz CT molecular complexity index is 511. The number of carbonyl (C=O) groups excluding carboxylic acids is 1. The molecule has 2 rings (SSSR count). The molecule has 0 saturated carbocycles. The van der Waals surface area contributed by atoms with Gasteiger partial charge in [-0.3, -0.25) is 9.69 Å². The molecule has 1 saturated heterocycles. The number of carbonyl (C=O) groups is 1. The number of ether oxygens (including phenoxy) is 1. The molecule has 1 aromatic carbocycles. The van der Waals surface area contributed by atoms with Crippen LogP contribution in [-0.2, 0) is 9.53 Å². The van der Waals surface area contributed by atoms with Crippen LogP contribution < -0.4 is 5.32 Å². The molecular formula is C16H23BrN2O2. The lowest BCUT2D eigenvalue weighted by molar-refractivity contribution is -0.126. The van der Waals surface area contributed by atoms with Gasteiger partial charge in [0.15, 0.2) is 0 Å². The molecule has 3 atom stereocenters. The zero-order valence-electron chi connectivity index (χ0n) is 13.0. The third-order valence-electron chi connectivity index (χ3n) is 3.76. The molecule has 5 heteroatoms. The van der Waals surface area contributed by atoms with Gasteiger partial charge in [-0.2, -0.15) is 0 Å². The first-order valence-corrected chi connectivity index (χ1v) is 8.12. The molecule has 1 N–H and O–H groups in total. The minimum Gasteiger partial charge on any atom is -0.373 e. The van der Waals surface area contributed by atoms with Crippen molar-refractivity contribution < 1.29 is 9.53 Å². The van der Waals surface area contributed by atoms with Crippen molar-refractivity contribution in [3.8, 4) is 0 Å². The zero-order valence-corrected chi connectivity index (χ0v) is 14.6. The molecule has 0 aliphatic carbocycles. The minimum absolute atomic E-state index is 0.0147. The summed E-state index contributed by atoms with van der Waals surface area (Å²) >= 11 is 3.49. The van der Waals surface area contributed by atoms with Crippen LogP contribution in [0.15, 0.2) is 22.7 Å². The molecule has 1 fully saturated rings. The van der Waals surface area contributed by atoms with Gasteiger partial charge in [0.25, 0.3) is 0 Å². The van der Waals surface area contributed by atoms with E-state index in [0.717, 1.165) is 28.8 Å². The highest BCUT2D eigenvalue weighted by Crippen LogP contribution is 2.24. The van der Waals surface area contributed by atoms with Gasteiger partial charge in [0, 0.05) is 17.6 Å². The number of benzene rings is 1. The molecule has 0 radical (unpaired) electrons. The Morgan fingerprint density at radius 1 is 1.38 bits per heavy atom. The lowest BCUT2D eigenvalue weighted by atomic mass is 10.1. The van der Waals surface area contributed by atoms with Crippen LogP contribution in [0.5, 0.6) is 0 Å². The van der Waals surface area contributed by atoms with E-state index in [1.165, 1.54) is 0 Å². The number of aryl methyl sites for hydroxylation is 1. The van der Waals surface area contributed by atoms with E-state index in [9.17, 15) is 4.79 Å². The number of halogens is 1. The van der Waals surface area contributed by atoms with E-state index in [2.05, 4.69) is 26.1 Å². The van der Waals surface area contributed by atoms with Gasteiger partial charge in [0.2, 0.25) is 5.91 Å². The summed E-state index contributed by atoms with van der Waals surface area (Å²) in [4.78, 5) is 14.6. The van der Waals surface area contributed by atoms with Gasteiger partial charge in [-0.15, -0.1) is 0 Å². The Balaban J connectivity index is 2.02. The first-order valence-electron chi connectivity index (χ1n) is 7.33. The number of nitrogens with one attached hydrogen (secondary N) is 1. The van der Waals surface area contributed by atoms with Crippen LogP contribution in [0, 0.1) is 6.92 Å². The van der Waals surface area contributed by atoms with Gasteiger partial charge in [-0.1, -0.05) is 6.07 Å². The number of morpholine rings is 1. The summed E-state index contributed by atoms with van der Waals surface area (Å²) in [6.45, 7) is 9.63. The number of rotatable bonds is 3. The van der Waals surface area contributed by atoms with Crippen LogP contribution in [0.2, 0.25) is 0 Å². The average molecular weight is 355 g/mol. The molecule has 1 aliphatic rings. The third kappa shape index (κ3) is 4.28. The van der Waals surface area contributed by atoms with Crippen LogP contribution in [-0.4, -0.2) is 42.1 Å². The van der Waals surface area contributed by atoms with Crippen LogP contribution in [0.25, 0.3) is 0 Å². The van der Waals surface area contributed by atoms with Crippen molar-refractivity contribution >= 4 is 27.5 Å². The summed E-state index contributed by atoms with van der Waals surface area (Å²) in [6, 6.07) is 5.74. The van der Waals surface area contributed by atoms with E-state index in [4.69, 9.17) is 4.74 Å². The normalized spacial score (nSPS) is 24.6. The molecule has 1 heterocycles. The summed E-state index contributed by atoms with van der Waals surface area (Å²) in [5.74, 6) is 0.0147. The van der Waals surface area contributed by atoms with E-state index in [-0.39, 0.29) is 24.2 Å². The lowest BCUT2D eigenvalue weighted by Gasteiger charge is -2.38. The van der Waals surface area contributed by atoms with Crippen LogP contribution >= 0.6 is 15.9 Å². The maximum absolute atomic E-state index is 12.4. The summed E-state index contributed by atoms with van der Waals surface area (Å²) < 4.78 is 6.63. The van der Waals surface area contributed by atoms with Gasteiger partial charge in [0.1, 0.15) is 0 Å². The summed E-state index contributed by atoms with van der Waals surface area (Å²) in [6.07, 6.45) is 0.324. The van der Waals surface area contributed by atoms with E-state index < -0.39 is 0 Å². The number of hydrogen-bond donors (Lipinski definition) is 1. The second kappa shape index (κ2) is 6.90. The fourth-order valence-corrected chi connectivity index (χ4v) is 3.25. The molecule has 4 nitrogen and oxygen atoms in total. The van der Waals surface area contributed by atoms with E-state index in [0.29, 0.717) is 0 Å². The fourth-order valence-electron chi connectivity index (χ4n) is 2.66. The van der Waals surface area contributed by atoms with E-state index >= 15 is 0 Å². The molecule has 1 aliphatic heterocycles. The number of nitrogens with zero attached hydrogens (tertiary/aromatic N) is 1. The van der Waals surface area contributed by atoms with Crippen molar-refractivity contribution in [3.05, 3.63) is 28.2 Å². The van der Waals surface area contributed by atoms with E-state index in [1.54, 1.807) is 0 Å². The van der Waals surface area contributed by atoms with E-state index in [1.807, 2.05) is 45.9 Å². The maximum Gasteiger partial charge on any atom is 0.241 e. The van der Waals surface area contributed by atoms with Crippen LogP contribution in [0.1, 0.15) is 26.3 Å². The van der Waals surface area contributed by atoms with Crippen molar-refractivity contribution in [3.63, 3.8) is 0 Å². The zero-order chi connectivity index (χ0) is 15.6. The fraction of sp³-hybridized carbons (Fsp3) is 0.562. The Labute approximate surface area is 135 Å². The third-order valence-corrected chi connectivity index (χ3v) is 4.41. The van der Waals surface area contributed by atoms with Crippen molar-refractivity contribution in [2.45, 2.75) is 45.9 Å². The predicted molar refractivity (Wildman–Crippen MR) is 88.6 cm³/mol. The summed E-state index contributed by atoms with van der Waals surface area (Å²) in [5.41, 5.74) is 1.97. The summed E-state index contributed by atoms with van der Waals surface area (Å²) in [5, 5.41) is 3.00. The Morgan fingerprint density at radius 2 is 2.00 bits per heavy atom. The Kier molecular flexibility index (Phi) is 5.41. The second-order valence-corrected chi connectivity index (χ2v) is 6.71. The number of anilines is 1. The van der Waals surface area contributed by atoms with Gasteiger partial charge < -0.3 is 10.1 Å². The number of amides is 1. The van der Waals surface area contributed by atoms with Crippen LogP contribution in [0.3, 0.4) is 0 Å². The predicted octanol–water partition coefficient (Wildman–Crippen LogP) is 3.19. The molecule has 1 amide bonds. The quantitative estimate of drug-likeness (QED) is 0.906. The molecule has 116 valence electrons.